The van der Waals surface area contributed by atoms with Crippen molar-refractivity contribution < 1.29 is 0 Å². The average Bonchev–Trinajstić information content (AvgIpc) is 3.79. The van der Waals surface area contributed by atoms with Crippen LogP contribution < -0.4 is 0 Å². The maximum absolute atomic E-state index is 2.44. The van der Waals surface area contributed by atoms with E-state index in [0.29, 0.717) is 0 Å². The molecule has 0 N–H and O–H groups in total. The van der Waals surface area contributed by atoms with Gasteiger partial charge >= 0.3 is 0 Å². The molecule has 0 atom stereocenters. The molecule has 0 bridgehead atoms. The first kappa shape index (κ1) is 30.2. The van der Waals surface area contributed by atoms with Crippen molar-refractivity contribution in [2.24, 2.45) is 0 Å². The number of fused-ring (bicyclic) bond motifs is 11. The van der Waals surface area contributed by atoms with E-state index in [4.69, 9.17) is 0 Å². The fraction of sp³-hybridized carbons (Fsp3) is 0. The van der Waals surface area contributed by atoms with Crippen LogP contribution in [-0.4, -0.2) is 0 Å². The summed E-state index contributed by atoms with van der Waals surface area (Å²) in [7, 11) is 0. The summed E-state index contributed by atoms with van der Waals surface area (Å²) in [4.78, 5) is 0. The Morgan fingerprint density at radius 2 is 0.852 bits per heavy atom. The van der Waals surface area contributed by atoms with Gasteiger partial charge in [-0.15, -0.1) is 22.7 Å². The molecule has 10 aromatic carbocycles. The summed E-state index contributed by atoms with van der Waals surface area (Å²) in [5.74, 6) is 0. The van der Waals surface area contributed by atoms with E-state index in [-0.39, 0.29) is 0 Å². The van der Waals surface area contributed by atoms with Crippen LogP contribution in [0.5, 0.6) is 0 Å². The van der Waals surface area contributed by atoms with Crippen LogP contribution in [0.2, 0.25) is 0 Å². The van der Waals surface area contributed by atoms with E-state index in [1.165, 1.54) is 117 Å². The van der Waals surface area contributed by atoms with Gasteiger partial charge in [0, 0.05) is 40.3 Å². The summed E-state index contributed by atoms with van der Waals surface area (Å²) < 4.78 is 5.37. The van der Waals surface area contributed by atoms with Crippen LogP contribution in [0.25, 0.3) is 117 Å². The normalized spacial score (nSPS) is 12.1. The lowest BCUT2D eigenvalue weighted by molar-refractivity contribution is 1.63. The Morgan fingerprint density at radius 1 is 0.259 bits per heavy atom. The summed E-state index contributed by atoms with van der Waals surface area (Å²) in [5, 5.41) is 15.7. The highest BCUT2D eigenvalue weighted by Crippen LogP contribution is 2.47. The van der Waals surface area contributed by atoms with Crippen molar-refractivity contribution in [3.8, 4) is 33.4 Å². The largest absolute Gasteiger partial charge is 0.135 e. The first-order valence-electron chi connectivity index (χ1n) is 18.5. The van der Waals surface area contributed by atoms with Crippen LogP contribution in [0.3, 0.4) is 0 Å². The number of thiophene rings is 2. The quantitative estimate of drug-likeness (QED) is 0.160. The number of benzene rings is 10. The highest BCUT2D eigenvalue weighted by molar-refractivity contribution is 7.26. The predicted molar refractivity (Wildman–Crippen MR) is 239 cm³/mol. The van der Waals surface area contributed by atoms with Crippen molar-refractivity contribution in [2.45, 2.75) is 0 Å². The van der Waals surface area contributed by atoms with Crippen LogP contribution in [0.15, 0.2) is 182 Å². The zero-order chi connectivity index (χ0) is 35.3. The molecule has 2 aromatic heterocycles. The summed E-state index contributed by atoms with van der Waals surface area (Å²) >= 11 is 3.81. The SMILES string of the molecule is c1cc(-c2cccc3ccccc23)cc(-c2c3ccccc3c(-c3ccc4c(c3)sc3ccc5cc6c(cc5c34)sc3ccccc36)c3ccccc23)c1. The summed E-state index contributed by atoms with van der Waals surface area (Å²) in [5.41, 5.74) is 7.57. The molecule has 54 heavy (non-hydrogen) atoms. The lowest BCUT2D eigenvalue weighted by atomic mass is 9.85. The maximum Gasteiger partial charge on any atom is 0.0362 e. The Bertz CT molecular complexity index is 3440. The van der Waals surface area contributed by atoms with Crippen LogP contribution in [0.4, 0.5) is 0 Å². The predicted octanol–water partition coefficient (Wildman–Crippen LogP) is 16.0. The molecule has 0 amide bonds. The van der Waals surface area contributed by atoms with Crippen molar-refractivity contribution in [2.75, 3.05) is 0 Å². The third-order valence-electron chi connectivity index (χ3n) is 11.4. The van der Waals surface area contributed by atoms with Gasteiger partial charge in [0.1, 0.15) is 0 Å². The molecule has 2 heterocycles. The average molecular weight is 719 g/mol. The standard InChI is InChI=1S/C52H30S2/c1-2-15-36-31(11-1)12-10-21-37(36)32-13-9-14-34(27-32)50-39-17-3-5-19-41(39)51(42-20-6-4-18-40(42)50)35-23-25-43-48(29-35)54-47-26-24-33-28-45-38-16-7-8-22-46(38)53-49(45)30-44(33)52(43)47/h1-30H. The monoisotopic (exact) mass is 718 g/mol. The Hall–Kier alpha value is -6.32. The Labute approximate surface area is 319 Å². The van der Waals surface area contributed by atoms with E-state index >= 15 is 0 Å². The van der Waals surface area contributed by atoms with Gasteiger partial charge in [-0.3, -0.25) is 0 Å². The van der Waals surface area contributed by atoms with Crippen molar-refractivity contribution in [1.29, 1.82) is 0 Å². The molecule has 0 aliphatic rings. The minimum absolute atomic E-state index is 1.23. The minimum atomic E-state index is 1.23. The molecule has 0 aliphatic heterocycles. The molecular weight excluding hydrogens is 689 g/mol. The second-order valence-electron chi connectivity index (χ2n) is 14.4. The molecule has 0 aliphatic carbocycles. The highest BCUT2D eigenvalue weighted by Gasteiger charge is 2.19. The van der Waals surface area contributed by atoms with Crippen molar-refractivity contribution >= 4 is 106 Å². The third kappa shape index (κ3) is 4.42. The fourth-order valence-electron chi connectivity index (χ4n) is 9.04. The second kappa shape index (κ2) is 11.6. The van der Waals surface area contributed by atoms with E-state index in [1.807, 2.05) is 22.7 Å². The number of hydrogen-bond donors (Lipinski definition) is 0. The Balaban J connectivity index is 1.07. The summed E-state index contributed by atoms with van der Waals surface area (Å²) in [6, 6.07) is 67.9. The summed E-state index contributed by atoms with van der Waals surface area (Å²) in [6.45, 7) is 0. The Morgan fingerprint density at radius 3 is 1.63 bits per heavy atom. The van der Waals surface area contributed by atoms with E-state index in [0.717, 1.165) is 0 Å². The molecule has 250 valence electrons. The number of rotatable bonds is 3. The van der Waals surface area contributed by atoms with E-state index in [9.17, 15) is 0 Å². The molecular formula is C52H30S2. The van der Waals surface area contributed by atoms with Crippen LogP contribution in [0, 0.1) is 0 Å². The third-order valence-corrected chi connectivity index (χ3v) is 13.7. The van der Waals surface area contributed by atoms with Gasteiger partial charge < -0.3 is 0 Å². The molecule has 0 radical (unpaired) electrons. The van der Waals surface area contributed by atoms with Gasteiger partial charge in [0.15, 0.2) is 0 Å². The maximum atomic E-state index is 2.44. The van der Waals surface area contributed by atoms with Crippen LogP contribution in [-0.2, 0) is 0 Å². The van der Waals surface area contributed by atoms with E-state index in [2.05, 4.69) is 182 Å². The smallest absolute Gasteiger partial charge is 0.0362 e. The molecule has 0 saturated carbocycles. The molecule has 0 nitrogen and oxygen atoms in total. The van der Waals surface area contributed by atoms with Gasteiger partial charge in [0.2, 0.25) is 0 Å². The van der Waals surface area contributed by atoms with Crippen LogP contribution in [0.1, 0.15) is 0 Å². The number of hydrogen-bond acceptors (Lipinski definition) is 2. The first-order valence-corrected chi connectivity index (χ1v) is 20.1. The molecule has 0 spiro atoms. The van der Waals surface area contributed by atoms with Crippen molar-refractivity contribution in [3.05, 3.63) is 182 Å². The minimum Gasteiger partial charge on any atom is -0.135 e. The zero-order valence-electron chi connectivity index (χ0n) is 29.1. The fourth-order valence-corrected chi connectivity index (χ4v) is 11.3. The lowest BCUT2D eigenvalue weighted by Gasteiger charge is -2.18. The molecule has 2 heteroatoms. The van der Waals surface area contributed by atoms with Gasteiger partial charge in [0.25, 0.3) is 0 Å². The second-order valence-corrected chi connectivity index (χ2v) is 16.5. The molecule has 0 fully saturated rings. The van der Waals surface area contributed by atoms with Crippen molar-refractivity contribution in [3.63, 3.8) is 0 Å². The Kier molecular flexibility index (Phi) is 6.48. The van der Waals surface area contributed by atoms with Crippen LogP contribution >= 0.6 is 22.7 Å². The topological polar surface area (TPSA) is 0 Å². The van der Waals surface area contributed by atoms with Gasteiger partial charge in [-0.25, -0.2) is 0 Å². The molecule has 0 unspecified atom stereocenters. The van der Waals surface area contributed by atoms with E-state index in [1.54, 1.807) is 0 Å². The molecule has 0 saturated heterocycles. The highest BCUT2D eigenvalue weighted by atomic mass is 32.1. The zero-order valence-corrected chi connectivity index (χ0v) is 30.8. The lowest BCUT2D eigenvalue weighted by Crippen LogP contribution is -1.91. The van der Waals surface area contributed by atoms with E-state index < -0.39 is 0 Å². The van der Waals surface area contributed by atoms with Gasteiger partial charge in [-0.2, -0.15) is 0 Å². The first-order chi connectivity index (χ1) is 26.8. The van der Waals surface area contributed by atoms with Gasteiger partial charge in [0.05, 0.1) is 0 Å². The van der Waals surface area contributed by atoms with Gasteiger partial charge in [-0.05, 0) is 113 Å². The molecule has 12 aromatic rings. The van der Waals surface area contributed by atoms with Crippen molar-refractivity contribution in [1.82, 2.24) is 0 Å². The molecule has 12 rings (SSSR count). The van der Waals surface area contributed by atoms with Gasteiger partial charge in [-0.1, -0.05) is 146 Å². The summed E-state index contributed by atoms with van der Waals surface area (Å²) in [6.07, 6.45) is 0.